The fourth-order valence-corrected chi connectivity index (χ4v) is 2.01. The lowest BCUT2D eigenvalue weighted by Gasteiger charge is -2.23. The molecule has 0 saturated carbocycles. The highest BCUT2D eigenvalue weighted by Gasteiger charge is 2.27. The molecule has 1 aromatic heterocycles. The molecule has 0 saturated heterocycles. The van der Waals surface area contributed by atoms with Crippen molar-refractivity contribution >= 4 is 0 Å². The molecule has 0 radical (unpaired) electrons. The van der Waals surface area contributed by atoms with Gasteiger partial charge in [-0.15, -0.1) is 0 Å². The molecule has 0 fully saturated rings. The molecular weight excluding hydrogens is 282 g/mol. The van der Waals surface area contributed by atoms with E-state index in [1.54, 1.807) is 14.2 Å². The van der Waals surface area contributed by atoms with E-state index in [0.717, 1.165) is 5.56 Å². The summed E-state index contributed by atoms with van der Waals surface area (Å²) in [6, 6.07) is 5.41. The first-order valence-electron chi connectivity index (χ1n) is 7.14. The second-order valence-corrected chi connectivity index (χ2v) is 6.26. The molecule has 6 heteroatoms. The molecule has 0 amide bonds. The lowest BCUT2D eigenvalue weighted by molar-refractivity contribution is 0.252. The van der Waals surface area contributed by atoms with Gasteiger partial charge in [0.25, 0.3) is 0 Å². The van der Waals surface area contributed by atoms with Crippen LogP contribution in [0, 0.1) is 5.41 Å². The summed E-state index contributed by atoms with van der Waals surface area (Å²) in [5.41, 5.74) is 7.01. The molecule has 22 heavy (non-hydrogen) atoms. The Bertz CT molecular complexity index is 632. The molecule has 0 aliphatic carbocycles. The van der Waals surface area contributed by atoms with Gasteiger partial charge in [-0.1, -0.05) is 32.0 Å². The maximum absolute atomic E-state index is 6.13. The van der Waals surface area contributed by atoms with Crippen LogP contribution in [0.5, 0.6) is 11.5 Å². The molecule has 0 spiro atoms. The average molecular weight is 305 g/mol. The SMILES string of the molecule is COc1ccc(Cc2noc([C@@H](N)C(C)(C)C)n2)cc1OC. The van der Waals surface area contributed by atoms with Crippen molar-refractivity contribution in [3.8, 4) is 11.5 Å². The third kappa shape index (κ3) is 3.57. The van der Waals surface area contributed by atoms with Crippen molar-refractivity contribution in [2.45, 2.75) is 33.2 Å². The van der Waals surface area contributed by atoms with Crippen molar-refractivity contribution in [1.29, 1.82) is 0 Å². The summed E-state index contributed by atoms with van der Waals surface area (Å²) in [4.78, 5) is 4.40. The molecule has 0 aliphatic rings. The zero-order valence-corrected chi connectivity index (χ0v) is 13.7. The fourth-order valence-electron chi connectivity index (χ4n) is 2.01. The van der Waals surface area contributed by atoms with Crippen LogP contribution in [0.4, 0.5) is 0 Å². The molecule has 0 bridgehead atoms. The Morgan fingerprint density at radius 1 is 1.18 bits per heavy atom. The van der Waals surface area contributed by atoms with Gasteiger partial charge >= 0.3 is 0 Å². The Balaban J connectivity index is 2.17. The van der Waals surface area contributed by atoms with Crippen molar-refractivity contribution in [3.05, 3.63) is 35.5 Å². The van der Waals surface area contributed by atoms with Gasteiger partial charge in [-0.25, -0.2) is 0 Å². The number of aromatic nitrogens is 2. The summed E-state index contributed by atoms with van der Waals surface area (Å²) in [7, 11) is 3.22. The van der Waals surface area contributed by atoms with Crippen molar-refractivity contribution in [2.75, 3.05) is 14.2 Å². The number of nitrogens with two attached hydrogens (primary N) is 1. The molecule has 2 aromatic rings. The van der Waals surface area contributed by atoms with Gasteiger partial charge in [0.15, 0.2) is 17.3 Å². The van der Waals surface area contributed by atoms with Crippen LogP contribution in [-0.2, 0) is 6.42 Å². The largest absolute Gasteiger partial charge is 0.493 e. The van der Waals surface area contributed by atoms with E-state index in [1.807, 2.05) is 39.0 Å². The molecule has 1 aromatic carbocycles. The van der Waals surface area contributed by atoms with Crippen LogP contribution in [0.2, 0.25) is 0 Å². The Morgan fingerprint density at radius 2 is 1.86 bits per heavy atom. The van der Waals surface area contributed by atoms with Crippen LogP contribution in [0.1, 0.15) is 44.1 Å². The number of hydrogen-bond donors (Lipinski definition) is 1. The first kappa shape index (κ1) is 16.3. The Labute approximate surface area is 130 Å². The van der Waals surface area contributed by atoms with E-state index >= 15 is 0 Å². The molecule has 1 atom stereocenters. The number of methoxy groups -OCH3 is 2. The van der Waals surface area contributed by atoms with Gasteiger partial charge in [0, 0.05) is 6.42 Å². The summed E-state index contributed by atoms with van der Waals surface area (Å²) < 4.78 is 15.8. The number of nitrogens with zero attached hydrogens (tertiary/aromatic N) is 2. The highest BCUT2D eigenvalue weighted by atomic mass is 16.5. The molecule has 6 nitrogen and oxygen atoms in total. The minimum Gasteiger partial charge on any atom is -0.493 e. The molecule has 0 aliphatic heterocycles. The number of ether oxygens (including phenoxy) is 2. The Kier molecular flexibility index (Phi) is 4.71. The lowest BCUT2D eigenvalue weighted by atomic mass is 9.87. The topological polar surface area (TPSA) is 83.4 Å². The van der Waals surface area contributed by atoms with E-state index < -0.39 is 0 Å². The standard InChI is InChI=1S/C16H23N3O3/c1-16(2,3)14(17)15-18-13(19-22-15)9-10-6-7-11(20-4)12(8-10)21-5/h6-8,14H,9,17H2,1-5H3/t14-/m1/s1. The maximum atomic E-state index is 6.13. The Hall–Kier alpha value is -2.08. The van der Waals surface area contributed by atoms with Gasteiger partial charge in [0.05, 0.1) is 20.3 Å². The molecule has 1 heterocycles. The summed E-state index contributed by atoms with van der Waals surface area (Å²) >= 11 is 0. The monoisotopic (exact) mass is 305 g/mol. The first-order valence-corrected chi connectivity index (χ1v) is 7.14. The zero-order chi connectivity index (χ0) is 16.3. The number of rotatable bonds is 5. The zero-order valence-electron chi connectivity index (χ0n) is 13.7. The van der Waals surface area contributed by atoms with Crippen LogP contribution in [0.3, 0.4) is 0 Å². The lowest BCUT2D eigenvalue weighted by Crippen LogP contribution is -2.26. The predicted octanol–water partition coefficient (Wildman–Crippen LogP) is 2.72. The first-order chi connectivity index (χ1) is 10.3. The predicted molar refractivity (Wildman–Crippen MR) is 83.0 cm³/mol. The summed E-state index contributed by atoms with van der Waals surface area (Å²) in [5, 5.41) is 4.01. The van der Waals surface area contributed by atoms with Gasteiger partial charge in [-0.2, -0.15) is 4.98 Å². The summed E-state index contributed by atoms with van der Waals surface area (Å²) in [6.45, 7) is 6.11. The molecular formula is C16H23N3O3. The van der Waals surface area contributed by atoms with Crippen LogP contribution in [0.25, 0.3) is 0 Å². The van der Waals surface area contributed by atoms with Crippen molar-refractivity contribution in [1.82, 2.24) is 10.1 Å². The molecule has 120 valence electrons. The second kappa shape index (κ2) is 6.36. The van der Waals surface area contributed by atoms with Gasteiger partial charge in [-0.3, -0.25) is 0 Å². The number of benzene rings is 1. The highest BCUT2D eigenvalue weighted by molar-refractivity contribution is 5.43. The van der Waals surface area contributed by atoms with Gasteiger partial charge in [-0.05, 0) is 23.1 Å². The van der Waals surface area contributed by atoms with E-state index in [9.17, 15) is 0 Å². The molecule has 0 unspecified atom stereocenters. The van der Waals surface area contributed by atoms with Gasteiger partial charge in [0.1, 0.15) is 0 Å². The molecule has 2 rings (SSSR count). The quantitative estimate of drug-likeness (QED) is 0.914. The van der Waals surface area contributed by atoms with Crippen LogP contribution in [0.15, 0.2) is 22.7 Å². The third-order valence-corrected chi connectivity index (χ3v) is 3.49. The van der Waals surface area contributed by atoms with E-state index in [1.165, 1.54) is 0 Å². The number of hydrogen-bond acceptors (Lipinski definition) is 6. The normalized spacial score (nSPS) is 13.0. The van der Waals surface area contributed by atoms with Crippen molar-refractivity contribution in [2.24, 2.45) is 11.1 Å². The fraction of sp³-hybridized carbons (Fsp3) is 0.500. The van der Waals surface area contributed by atoms with Crippen molar-refractivity contribution in [3.63, 3.8) is 0 Å². The van der Waals surface area contributed by atoms with Gasteiger partial charge in [0.2, 0.25) is 5.89 Å². The smallest absolute Gasteiger partial charge is 0.244 e. The second-order valence-electron chi connectivity index (χ2n) is 6.26. The van der Waals surface area contributed by atoms with Gasteiger partial charge < -0.3 is 19.7 Å². The highest BCUT2D eigenvalue weighted by Crippen LogP contribution is 2.30. The average Bonchev–Trinajstić information content (AvgIpc) is 2.93. The van der Waals surface area contributed by atoms with Crippen LogP contribution >= 0.6 is 0 Å². The van der Waals surface area contributed by atoms with E-state index in [0.29, 0.717) is 29.6 Å². The summed E-state index contributed by atoms with van der Waals surface area (Å²) in [6.07, 6.45) is 0.542. The van der Waals surface area contributed by atoms with Crippen molar-refractivity contribution < 1.29 is 14.0 Å². The minimum absolute atomic E-state index is 0.132. The van der Waals surface area contributed by atoms with E-state index in [4.69, 9.17) is 19.7 Å². The third-order valence-electron chi connectivity index (χ3n) is 3.49. The van der Waals surface area contributed by atoms with Crippen LogP contribution < -0.4 is 15.2 Å². The summed E-state index contributed by atoms with van der Waals surface area (Å²) in [5.74, 6) is 2.43. The van der Waals surface area contributed by atoms with E-state index in [2.05, 4.69) is 10.1 Å². The van der Waals surface area contributed by atoms with E-state index in [-0.39, 0.29) is 11.5 Å². The minimum atomic E-state index is -0.292. The van der Waals surface area contributed by atoms with Crippen LogP contribution in [-0.4, -0.2) is 24.4 Å². The molecule has 2 N–H and O–H groups in total. The Morgan fingerprint density at radius 3 is 2.45 bits per heavy atom. The maximum Gasteiger partial charge on any atom is 0.244 e.